The van der Waals surface area contributed by atoms with Crippen LogP contribution in [0.15, 0.2) is 53.3 Å². The predicted octanol–water partition coefficient (Wildman–Crippen LogP) is 4.86. The van der Waals surface area contributed by atoms with E-state index in [9.17, 15) is 9.59 Å². The summed E-state index contributed by atoms with van der Waals surface area (Å²) in [6.07, 6.45) is 3.07. The van der Waals surface area contributed by atoms with Crippen molar-refractivity contribution in [1.82, 2.24) is 14.9 Å². The Balaban J connectivity index is 1.40. The van der Waals surface area contributed by atoms with Crippen molar-refractivity contribution in [2.24, 2.45) is 0 Å². The van der Waals surface area contributed by atoms with E-state index in [1.165, 1.54) is 0 Å². The Labute approximate surface area is 193 Å². The number of H-pyrrole nitrogens is 1. The molecule has 7 heteroatoms. The van der Waals surface area contributed by atoms with Gasteiger partial charge in [-0.15, -0.1) is 0 Å². The molecule has 170 valence electrons. The molecule has 32 heavy (non-hydrogen) atoms. The molecule has 0 bridgehead atoms. The quantitative estimate of drug-likeness (QED) is 0.321. The summed E-state index contributed by atoms with van der Waals surface area (Å²) in [5.41, 5.74) is 2.86. The fourth-order valence-electron chi connectivity index (χ4n) is 3.52. The van der Waals surface area contributed by atoms with E-state index in [1.807, 2.05) is 50.2 Å². The molecule has 0 unspecified atom stereocenters. The Morgan fingerprint density at radius 2 is 1.88 bits per heavy atom. The highest BCUT2D eigenvalue weighted by Gasteiger charge is 2.06. The molecular weight excluding hydrogens is 422 g/mol. The first kappa shape index (κ1) is 23.9. The molecule has 0 fully saturated rings. The van der Waals surface area contributed by atoms with Gasteiger partial charge in [-0.2, -0.15) is 0 Å². The van der Waals surface area contributed by atoms with Gasteiger partial charge in [-0.3, -0.25) is 14.2 Å². The normalized spacial score (nSPS) is 11.2. The maximum absolute atomic E-state index is 12.6. The molecule has 0 aliphatic carbocycles. The summed E-state index contributed by atoms with van der Waals surface area (Å²) in [5, 5.41) is 3.62. The Morgan fingerprint density at radius 3 is 2.69 bits per heavy atom. The SMILES string of the molecule is CC(C)OCc1cccc(CNC(=O)CCCCCn2c(=S)[nH]c3ccccc3c2=O)c1. The number of nitrogens with one attached hydrogen (secondary N) is 2. The zero-order chi connectivity index (χ0) is 22.9. The van der Waals surface area contributed by atoms with Gasteiger partial charge in [0, 0.05) is 19.5 Å². The van der Waals surface area contributed by atoms with Gasteiger partial charge in [0.15, 0.2) is 4.77 Å². The van der Waals surface area contributed by atoms with Crippen molar-refractivity contribution in [3.05, 3.63) is 74.8 Å². The number of amides is 1. The van der Waals surface area contributed by atoms with E-state index < -0.39 is 0 Å². The van der Waals surface area contributed by atoms with Crippen LogP contribution in [0.25, 0.3) is 10.9 Å². The van der Waals surface area contributed by atoms with E-state index in [0.717, 1.165) is 35.9 Å². The van der Waals surface area contributed by atoms with Crippen LogP contribution in [0, 0.1) is 4.77 Å². The lowest BCUT2D eigenvalue weighted by Crippen LogP contribution is -2.23. The number of carbonyl (C=O) groups is 1. The molecule has 0 radical (unpaired) electrons. The van der Waals surface area contributed by atoms with Crippen LogP contribution in [0.1, 0.15) is 50.7 Å². The fraction of sp³-hybridized carbons (Fsp3) is 0.400. The summed E-state index contributed by atoms with van der Waals surface area (Å²) in [7, 11) is 0. The molecule has 0 aliphatic heterocycles. The van der Waals surface area contributed by atoms with Crippen LogP contribution >= 0.6 is 12.2 Å². The molecule has 0 atom stereocenters. The largest absolute Gasteiger partial charge is 0.374 e. The van der Waals surface area contributed by atoms with Crippen molar-refractivity contribution in [3.8, 4) is 0 Å². The Kier molecular flexibility index (Phi) is 8.76. The van der Waals surface area contributed by atoms with Crippen molar-refractivity contribution >= 4 is 29.0 Å². The minimum absolute atomic E-state index is 0.0361. The standard InChI is InChI=1S/C25H31N3O3S/c1-18(2)31-17-20-10-8-9-19(15-20)16-26-23(29)13-4-3-7-14-28-24(30)21-11-5-6-12-22(21)27-25(28)32/h5-6,8-12,15,18H,3-4,7,13-14,16-17H2,1-2H3,(H,26,29)(H,27,32). The fourth-order valence-corrected chi connectivity index (χ4v) is 3.80. The van der Waals surface area contributed by atoms with Crippen molar-refractivity contribution in [1.29, 1.82) is 0 Å². The maximum atomic E-state index is 12.6. The van der Waals surface area contributed by atoms with E-state index in [4.69, 9.17) is 17.0 Å². The molecule has 6 nitrogen and oxygen atoms in total. The number of carbonyl (C=O) groups excluding carboxylic acids is 1. The van der Waals surface area contributed by atoms with Gasteiger partial charge in [0.1, 0.15) is 0 Å². The molecular formula is C25H31N3O3S. The number of ether oxygens (including phenoxy) is 1. The van der Waals surface area contributed by atoms with E-state index in [1.54, 1.807) is 10.6 Å². The lowest BCUT2D eigenvalue weighted by atomic mass is 10.1. The minimum Gasteiger partial charge on any atom is -0.374 e. The van der Waals surface area contributed by atoms with Gasteiger partial charge >= 0.3 is 0 Å². The van der Waals surface area contributed by atoms with Crippen LogP contribution in [0.3, 0.4) is 0 Å². The number of nitrogens with zero attached hydrogens (tertiary/aromatic N) is 1. The summed E-state index contributed by atoms with van der Waals surface area (Å²) < 4.78 is 7.68. The number of aromatic nitrogens is 2. The van der Waals surface area contributed by atoms with Gasteiger partial charge in [-0.1, -0.05) is 42.8 Å². The Hall–Kier alpha value is -2.77. The number of hydrogen-bond acceptors (Lipinski definition) is 4. The number of rotatable bonds is 11. The number of benzene rings is 2. The third-order valence-electron chi connectivity index (χ3n) is 5.24. The third-order valence-corrected chi connectivity index (χ3v) is 5.56. The Bertz CT molecular complexity index is 1170. The van der Waals surface area contributed by atoms with Crippen LogP contribution in [-0.4, -0.2) is 21.6 Å². The molecule has 0 saturated carbocycles. The molecule has 1 heterocycles. The van der Waals surface area contributed by atoms with Crippen LogP contribution in [-0.2, 0) is 29.2 Å². The number of aromatic amines is 1. The van der Waals surface area contributed by atoms with Crippen LogP contribution in [0.4, 0.5) is 0 Å². The van der Waals surface area contributed by atoms with Gasteiger partial charge in [0.05, 0.1) is 23.6 Å². The average molecular weight is 454 g/mol. The molecule has 2 N–H and O–H groups in total. The lowest BCUT2D eigenvalue weighted by molar-refractivity contribution is -0.121. The van der Waals surface area contributed by atoms with Gasteiger partial charge in [0.25, 0.3) is 5.56 Å². The zero-order valence-electron chi connectivity index (χ0n) is 18.7. The molecule has 3 aromatic rings. The van der Waals surface area contributed by atoms with E-state index in [0.29, 0.717) is 36.3 Å². The number of unbranched alkanes of at least 4 members (excludes halogenated alkanes) is 2. The first-order chi connectivity index (χ1) is 15.4. The topological polar surface area (TPSA) is 76.1 Å². The van der Waals surface area contributed by atoms with Crippen molar-refractivity contribution in [2.75, 3.05) is 0 Å². The number of fused-ring (bicyclic) bond motifs is 1. The van der Waals surface area contributed by atoms with Gasteiger partial charge < -0.3 is 15.0 Å². The van der Waals surface area contributed by atoms with Gasteiger partial charge in [-0.25, -0.2) is 0 Å². The first-order valence-corrected chi connectivity index (χ1v) is 11.5. The lowest BCUT2D eigenvalue weighted by Gasteiger charge is -2.10. The van der Waals surface area contributed by atoms with Crippen molar-refractivity contribution in [3.63, 3.8) is 0 Å². The highest BCUT2D eigenvalue weighted by Crippen LogP contribution is 2.09. The van der Waals surface area contributed by atoms with Gasteiger partial charge in [0.2, 0.25) is 5.91 Å². The van der Waals surface area contributed by atoms with Crippen LogP contribution in [0.5, 0.6) is 0 Å². The number of para-hydroxylation sites is 1. The van der Waals surface area contributed by atoms with E-state index >= 15 is 0 Å². The van der Waals surface area contributed by atoms with Crippen molar-refractivity contribution < 1.29 is 9.53 Å². The molecule has 0 spiro atoms. The second kappa shape index (κ2) is 11.7. The van der Waals surface area contributed by atoms with Crippen LogP contribution in [0.2, 0.25) is 0 Å². The molecule has 2 aromatic carbocycles. The summed E-state index contributed by atoms with van der Waals surface area (Å²) >= 11 is 5.34. The summed E-state index contributed by atoms with van der Waals surface area (Å²) in [6, 6.07) is 15.5. The third kappa shape index (κ3) is 6.87. The van der Waals surface area contributed by atoms with E-state index in [-0.39, 0.29) is 17.6 Å². The molecule has 1 amide bonds. The van der Waals surface area contributed by atoms with Gasteiger partial charge in [-0.05, 0) is 62.2 Å². The predicted molar refractivity (Wildman–Crippen MR) is 130 cm³/mol. The number of hydrogen-bond donors (Lipinski definition) is 2. The summed E-state index contributed by atoms with van der Waals surface area (Å²) in [5.74, 6) is 0.0361. The second-order valence-corrected chi connectivity index (χ2v) is 8.59. The highest BCUT2D eigenvalue weighted by molar-refractivity contribution is 7.71. The monoisotopic (exact) mass is 453 g/mol. The van der Waals surface area contributed by atoms with Crippen molar-refractivity contribution in [2.45, 2.75) is 65.3 Å². The first-order valence-electron chi connectivity index (χ1n) is 11.1. The summed E-state index contributed by atoms with van der Waals surface area (Å²) in [4.78, 5) is 27.9. The molecule has 3 rings (SSSR count). The highest BCUT2D eigenvalue weighted by atomic mass is 32.1. The molecule has 0 aliphatic rings. The average Bonchev–Trinajstić information content (AvgIpc) is 2.78. The zero-order valence-corrected chi connectivity index (χ0v) is 19.5. The summed E-state index contributed by atoms with van der Waals surface area (Å²) in [6.45, 7) is 5.66. The maximum Gasteiger partial charge on any atom is 0.262 e. The minimum atomic E-state index is -0.0666. The van der Waals surface area contributed by atoms with Crippen LogP contribution < -0.4 is 10.9 Å². The van der Waals surface area contributed by atoms with E-state index in [2.05, 4.69) is 16.4 Å². The molecule has 1 aromatic heterocycles. The molecule has 0 saturated heterocycles. The Morgan fingerprint density at radius 1 is 1.09 bits per heavy atom. The smallest absolute Gasteiger partial charge is 0.262 e. The second-order valence-electron chi connectivity index (χ2n) is 8.20.